The van der Waals surface area contributed by atoms with Gasteiger partial charge in [0.15, 0.2) is 0 Å². The van der Waals surface area contributed by atoms with Crippen molar-refractivity contribution in [2.24, 2.45) is 5.92 Å². The first-order valence-corrected chi connectivity index (χ1v) is 7.68. The third-order valence-corrected chi connectivity index (χ3v) is 4.59. The Labute approximate surface area is 126 Å². The van der Waals surface area contributed by atoms with Crippen molar-refractivity contribution < 1.29 is 9.59 Å². The second-order valence-corrected chi connectivity index (χ2v) is 6.55. The Hall–Kier alpha value is -1.36. The van der Waals surface area contributed by atoms with Crippen molar-refractivity contribution in [1.82, 2.24) is 5.32 Å². The van der Waals surface area contributed by atoms with Crippen molar-refractivity contribution in [1.29, 1.82) is 0 Å². The number of nitrogens with one attached hydrogen (secondary N) is 1. The molecule has 1 aromatic carbocycles. The van der Waals surface area contributed by atoms with Crippen LogP contribution in [0, 0.1) is 12.8 Å². The lowest BCUT2D eigenvalue weighted by Crippen LogP contribution is -2.63. The molecule has 3 rings (SSSR count). The minimum atomic E-state index is -0.467. The van der Waals surface area contributed by atoms with E-state index in [1.807, 2.05) is 25.1 Å². The van der Waals surface area contributed by atoms with Crippen molar-refractivity contribution in [3.8, 4) is 0 Å². The molecule has 0 aromatic heterocycles. The van der Waals surface area contributed by atoms with Crippen LogP contribution < -0.4 is 10.2 Å². The Balaban J connectivity index is 2.01. The lowest BCUT2D eigenvalue weighted by Gasteiger charge is -2.38. The number of amides is 2. The van der Waals surface area contributed by atoms with E-state index in [1.165, 1.54) is 0 Å². The lowest BCUT2D eigenvalue weighted by molar-refractivity contribution is -0.134. The zero-order valence-corrected chi connectivity index (χ0v) is 13.1. The number of benzene rings is 1. The van der Waals surface area contributed by atoms with Crippen molar-refractivity contribution >= 4 is 33.4 Å². The summed E-state index contributed by atoms with van der Waals surface area (Å²) in [6, 6.07) is 4.99. The van der Waals surface area contributed by atoms with Crippen LogP contribution in [0.1, 0.15) is 25.3 Å². The van der Waals surface area contributed by atoms with Gasteiger partial charge in [-0.3, -0.25) is 14.5 Å². The van der Waals surface area contributed by atoms with E-state index in [0.717, 1.165) is 28.6 Å². The van der Waals surface area contributed by atoms with Gasteiger partial charge in [-0.25, -0.2) is 0 Å². The topological polar surface area (TPSA) is 49.4 Å². The molecule has 4 nitrogen and oxygen atoms in total. The van der Waals surface area contributed by atoms with E-state index in [2.05, 4.69) is 21.2 Å². The van der Waals surface area contributed by atoms with Crippen LogP contribution in [0.4, 0.5) is 5.69 Å². The number of rotatable bonds is 2. The maximum absolute atomic E-state index is 12.7. The normalized spacial score (nSPS) is 26.6. The summed E-state index contributed by atoms with van der Waals surface area (Å²) in [4.78, 5) is 26.5. The van der Waals surface area contributed by atoms with Gasteiger partial charge in [-0.15, -0.1) is 0 Å². The molecule has 2 fully saturated rings. The van der Waals surface area contributed by atoms with Crippen molar-refractivity contribution in [3.05, 3.63) is 28.2 Å². The summed E-state index contributed by atoms with van der Waals surface area (Å²) in [5.74, 6) is 0.260. The first-order valence-electron chi connectivity index (χ1n) is 6.88. The first kappa shape index (κ1) is 13.6. The minimum Gasteiger partial charge on any atom is -0.342 e. The lowest BCUT2D eigenvalue weighted by atomic mass is 10.0. The molecule has 1 saturated carbocycles. The van der Waals surface area contributed by atoms with E-state index in [4.69, 9.17) is 0 Å². The van der Waals surface area contributed by atoms with Gasteiger partial charge in [-0.05, 0) is 50.3 Å². The van der Waals surface area contributed by atoms with E-state index in [-0.39, 0.29) is 17.9 Å². The molecule has 0 spiro atoms. The molecular weight excluding hydrogens is 320 g/mol. The molecule has 2 atom stereocenters. The quantitative estimate of drug-likeness (QED) is 0.901. The molecule has 20 heavy (non-hydrogen) atoms. The Morgan fingerprint density at radius 1 is 1.30 bits per heavy atom. The van der Waals surface area contributed by atoms with Gasteiger partial charge in [0.2, 0.25) is 5.91 Å². The molecule has 1 N–H and O–H groups in total. The Bertz CT molecular complexity index is 583. The highest BCUT2D eigenvalue weighted by atomic mass is 79.9. The molecular formula is C15H17BrN2O2. The highest BCUT2D eigenvalue weighted by Gasteiger charge is 2.46. The van der Waals surface area contributed by atoms with Crippen molar-refractivity contribution in [2.75, 3.05) is 4.90 Å². The van der Waals surface area contributed by atoms with Gasteiger partial charge in [0.25, 0.3) is 5.91 Å². The van der Waals surface area contributed by atoms with Crippen LogP contribution in [0.3, 0.4) is 0 Å². The zero-order valence-electron chi connectivity index (χ0n) is 11.5. The molecule has 0 radical (unpaired) electrons. The second kappa shape index (κ2) is 4.88. The van der Waals surface area contributed by atoms with Crippen LogP contribution in [0.25, 0.3) is 0 Å². The third kappa shape index (κ3) is 2.24. The summed E-state index contributed by atoms with van der Waals surface area (Å²) in [5, 5.41) is 2.87. The predicted molar refractivity (Wildman–Crippen MR) is 80.5 cm³/mol. The van der Waals surface area contributed by atoms with E-state index >= 15 is 0 Å². The maximum atomic E-state index is 12.7. The molecule has 2 unspecified atom stereocenters. The van der Waals surface area contributed by atoms with Gasteiger partial charge in [-0.2, -0.15) is 0 Å². The number of anilines is 1. The highest BCUT2D eigenvalue weighted by molar-refractivity contribution is 9.10. The summed E-state index contributed by atoms with van der Waals surface area (Å²) >= 11 is 3.44. The fourth-order valence-corrected chi connectivity index (χ4v) is 3.06. The number of aryl methyl sites for hydroxylation is 1. The first-order chi connectivity index (χ1) is 9.49. The fourth-order valence-electron chi connectivity index (χ4n) is 2.71. The maximum Gasteiger partial charge on any atom is 0.250 e. The number of hydrogen-bond acceptors (Lipinski definition) is 2. The second-order valence-electron chi connectivity index (χ2n) is 5.64. The number of carbonyl (C=O) groups is 2. The number of piperazine rings is 1. The summed E-state index contributed by atoms with van der Waals surface area (Å²) in [6.45, 7) is 3.73. The van der Waals surface area contributed by atoms with Gasteiger partial charge in [0, 0.05) is 10.2 Å². The summed E-state index contributed by atoms with van der Waals surface area (Å²) in [5.41, 5.74) is 1.81. The molecule has 1 heterocycles. The van der Waals surface area contributed by atoms with Crippen LogP contribution in [0.15, 0.2) is 22.7 Å². The summed E-state index contributed by atoms with van der Waals surface area (Å²) < 4.78 is 0.909. The Morgan fingerprint density at radius 2 is 2.00 bits per heavy atom. The molecule has 1 aromatic rings. The van der Waals surface area contributed by atoms with Gasteiger partial charge in [0.1, 0.15) is 12.1 Å². The smallest absolute Gasteiger partial charge is 0.250 e. The molecule has 2 amide bonds. The van der Waals surface area contributed by atoms with E-state index < -0.39 is 6.04 Å². The average molecular weight is 337 g/mol. The molecule has 1 saturated heterocycles. The van der Waals surface area contributed by atoms with Crippen LogP contribution in [0.5, 0.6) is 0 Å². The molecule has 2 aliphatic rings. The van der Waals surface area contributed by atoms with Crippen LogP contribution in [-0.4, -0.2) is 23.9 Å². The third-order valence-electron chi connectivity index (χ3n) is 4.09. The van der Waals surface area contributed by atoms with E-state index in [1.54, 1.807) is 11.8 Å². The highest BCUT2D eigenvalue weighted by Crippen LogP contribution is 2.37. The van der Waals surface area contributed by atoms with E-state index in [9.17, 15) is 9.59 Å². The summed E-state index contributed by atoms with van der Waals surface area (Å²) in [7, 11) is 0. The van der Waals surface area contributed by atoms with Gasteiger partial charge in [-0.1, -0.05) is 22.0 Å². The number of halogens is 1. The van der Waals surface area contributed by atoms with Gasteiger partial charge < -0.3 is 5.32 Å². The van der Waals surface area contributed by atoms with E-state index in [0.29, 0.717) is 5.92 Å². The molecule has 0 bridgehead atoms. The molecule has 1 aliphatic carbocycles. The molecule has 5 heteroatoms. The van der Waals surface area contributed by atoms with Gasteiger partial charge >= 0.3 is 0 Å². The van der Waals surface area contributed by atoms with Crippen molar-refractivity contribution in [3.63, 3.8) is 0 Å². The molecule has 1 aliphatic heterocycles. The molecule has 106 valence electrons. The van der Waals surface area contributed by atoms with Crippen LogP contribution in [0.2, 0.25) is 0 Å². The number of hydrogen-bond donors (Lipinski definition) is 1. The average Bonchev–Trinajstić information content (AvgIpc) is 3.22. The predicted octanol–water partition coefficient (Wildman–Crippen LogP) is 2.39. The monoisotopic (exact) mass is 336 g/mol. The minimum absolute atomic E-state index is 0.0146. The van der Waals surface area contributed by atoms with Gasteiger partial charge in [0.05, 0.1) is 0 Å². The number of nitrogens with zero attached hydrogens (tertiary/aromatic N) is 1. The zero-order chi connectivity index (χ0) is 14.4. The SMILES string of the molecule is Cc1ccc(Br)cc1N1C(=O)C(C2CC2)NC(=O)C1C. The number of carbonyl (C=O) groups excluding carboxylic acids is 2. The van der Waals surface area contributed by atoms with Crippen LogP contribution >= 0.6 is 15.9 Å². The Morgan fingerprint density at radius 3 is 2.65 bits per heavy atom. The standard InChI is InChI=1S/C15H17BrN2O2/c1-8-3-6-11(16)7-12(8)18-9(2)14(19)17-13(15(18)20)10-4-5-10/h3,6-7,9-10,13H,4-5H2,1-2H3,(H,17,19). The van der Waals surface area contributed by atoms with Crippen molar-refractivity contribution in [2.45, 2.75) is 38.8 Å². The van der Waals surface area contributed by atoms with Crippen LogP contribution in [-0.2, 0) is 9.59 Å². The fraction of sp³-hybridized carbons (Fsp3) is 0.467. The summed E-state index contributed by atoms with van der Waals surface area (Å²) in [6.07, 6.45) is 2.05. The Kier molecular flexibility index (Phi) is 3.32. The largest absolute Gasteiger partial charge is 0.342 e.